The van der Waals surface area contributed by atoms with Crippen LogP contribution < -0.4 is 5.73 Å². The van der Waals surface area contributed by atoms with Gasteiger partial charge in [-0.15, -0.1) is 0 Å². The molecule has 0 saturated heterocycles. The summed E-state index contributed by atoms with van der Waals surface area (Å²) in [5.41, 5.74) is 15.2. The predicted molar refractivity (Wildman–Crippen MR) is 114 cm³/mol. The van der Waals surface area contributed by atoms with Gasteiger partial charge in [-0.2, -0.15) is 5.26 Å². The molecule has 0 spiro atoms. The number of benzene rings is 2. The number of pyridine rings is 1. The third kappa shape index (κ3) is 3.28. The number of nitrogens with one attached hydrogen (secondary N) is 1. The first kappa shape index (κ1) is 18.0. The van der Waals surface area contributed by atoms with Crippen LogP contribution in [0.5, 0.6) is 0 Å². The molecule has 0 unspecified atom stereocenters. The number of aryl methyl sites for hydroxylation is 2. The van der Waals surface area contributed by atoms with E-state index in [0.29, 0.717) is 12.1 Å². The predicted octanol–water partition coefficient (Wildman–Crippen LogP) is 4.97. The van der Waals surface area contributed by atoms with Gasteiger partial charge in [0.25, 0.3) is 0 Å². The second-order valence-electron chi connectivity index (χ2n) is 7.00. The quantitative estimate of drug-likeness (QED) is 0.523. The molecule has 0 fully saturated rings. The third-order valence-electron chi connectivity index (χ3n) is 5.06. The number of rotatable bonds is 5. The summed E-state index contributed by atoms with van der Waals surface area (Å²) in [7, 11) is 0. The Kier molecular flexibility index (Phi) is 4.92. The van der Waals surface area contributed by atoms with E-state index >= 15 is 0 Å². The molecule has 2 aromatic heterocycles. The van der Waals surface area contributed by atoms with Crippen LogP contribution in [-0.4, -0.2) is 16.5 Å². The van der Waals surface area contributed by atoms with Crippen LogP contribution in [-0.2, 0) is 6.42 Å². The van der Waals surface area contributed by atoms with Gasteiger partial charge in [0.1, 0.15) is 0 Å². The van der Waals surface area contributed by atoms with Crippen LogP contribution in [0.3, 0.4) is 0 Å². The van der Waals surface area contributed by atoms with Crippen LogP contribution in [0.15, 0.2) is 60.8 Å². The van der Waals surface area contributed by atoms with Crippen molar-refractivity contribution in [2.75, 3.05) is 6.54 Å². The zero-order chi connectivity index (χ0) is 19.5. The van der Waals surface area contributed by atoms with E-state index in [-0.39, 0.29) is 0 Å². The van der Waals surface area contributed by atoms with Crippen LogP contribution in [0.4, 0.5) is 0 Å². The summed E-state index contributed by atoms with van der Waals surface area (Å²) in [5, 5.41) is 9.16. The van der Waals surface area contributed by atoms with Gasteiger partial charge in [-0.05, 0) is 55.6 Å². The lowest BCUT2D eigenvalue weighted by atomic mass is 9.91. The minimum Gasteiger partial charge on any atom is -0.360 e. The summed E-state index contributed by atoms with van der Waals surface area (Å²) in [6, 6.07) is 20.4. The van der Waals surface area contributed by atoms with Crippen LogP contribution in [0.2, 0.25) is 0 Å². The highest BCUT2D eigenvalue weighted by atomic mass is 14.8. The molecule has 4 aromatic rings. The highest BCUT2D eigenvalue weighted by Gasteiger charge is 2.18. The Balaban J connectivity index is 2.02. The Bertz CT molecular complexity index is 1150. The maximum atomic E-state index is 9.16. The van der Waals surface area contributed by atoms with Gasteiger partial charge in [-0.3, -0.25) is 0 Å². The molecular formula is C24H22N4. The number of nitriles is 1. The van der Waals surface area contributed by atoms with Gasteiger partial charge < -0.3 is 10.7 Å². The number of nitrogens with zero attached hydrogens (tertiary/aromatic N) is 2. The molecule has 0 bridgehead atoms. The zero-order valence-electron chi connectivity index (χ0n) is 15.9. The number of fused-ring (bicyclic) bond motifs is 1. The standard InChI is InChI=1S/C24H22N4/c1-16-4-8-19(9-5-16)23-22(18-10-6-17(15-26)7-11-18)20(3-2-13-25)24-21(28-23)12-14-27-24/h4-12,14,27H,2-3,13,25H2,1H3. The Morgan fingerprint density at radius 3 is 2.39 bits per heavy atom. The highest BCUT2D eigenvalue weighted by Crippen LogP contribution is 2.38. The van der Waals surface area contributed by atoms with Crippen LogP contribution in [0.25, 0.3) is 33.4 Å². The number of nitrogens with two attached hydrogens (primary N) is 1. The first-order valence-corrected chi connectivity index (χ1v) is 9.49. The molecule has 4 nitrogen and oxygen atoms in total. The van der Waals surface area contributed by atoms with E-state index in [1.807, 2.05) is 36.5 Å². The van der Waals surface area contributed by atoms with Crippen molar-refractivity contribution >= 4 is 11.0 Å². The summed E-state index contributed by atoms with van der Waals surface area (Å²) in [6.07, 6.45) is 3.70. The van der Waals surface area contributed by atoms with E-state index in [1.54, 1.807) is 0 Å². The molecule has 0 aliphatic rings. The Labute approximate surface area is 164 Å². The minimum atomic E-state index is 0.636. The first-order chi connectivity index (χ1) is 13.7. The third-order valence-corrected chi connectivity index (χ3v) is 5.06. The molecule has 28 heavy (non-hydrogen) atoms. The number of hydrogen-bond acceptors (Lipinski definition) is 3. The van der Waals surface area contributed by atoms with Gasteiger partial charge in [0.15, 0.2) is 0 Å². The lowest BCUT2D eigenvalue weighted by Gasteiger charge is -2.17. The molecule has 0 atom stereocenters. The van der Waals surface area contributed by atoms with Crippen molar-refractivity contribution in [2.45, 2.75) is 19.8 Å². The molecule has 4 heteroatoms. The molecule has 138 valence electrons. The van der Waals surface area contributed by atoms with E-state index < -0.39 is 0 Å². The lowest BCUT2D eigenvalue weighted by molar-refractivity contribution is 0.836. The summed E-state index contributed by atoms with van der Waals surface area (Å²) in [6.45, 7) is 2.72. The monoisotopic (exact) mass is 366 g/mol. The van der Waals surface area contributed by atoms with Gasteiger partial charge >= 0.3 is 0 Å². The van der Waals surface area contributed by atoms with Gasteiger partial charge in [-0.1, -0.05) is 42.0 Å². The fraction of sp³-hybridized carbons (Fsp3) is 0.167. The normalized spacial score (nSPS) is 10.9. The summed E-state index contributed by atoms with van der Waals surface area (Å²) >= 11 is 0. The van der Waals surface area contributed by atoms with Crippen molar-refractivity contribution in [1.82, 2.24) is 9.97 Å². The first-order valence-electron chi connectivity index (χ1n) is 9.49. The zero-order valence-corrected chi connectivity index (χ0v) is 15.9. The van der Waals surface area contributed by atoms with E-state index in [1.165, 1.54) is 11.1 Å². The Hall–Kier alpha value is -3.42. The van der Waals surface area contributed by atoms with Crippen molar-refractivity contribution in [3.63, 3.8) is 0 Å². The van der Waals surface area contributed by atoms with E-state index in [2.05, 4.69) is 42.2 Å². The second kappa shape index (κ2) is 7.67. The topological polar surface area (TPSA) is 78.5 Å². The molecule has 2 aromatic carbocycles. The number of H-pyrrole nitrogens is 1. The lowest BCUT2D eigenvalue weighted by Crippen LogP contribution is -2.04. The van der Waals surface area contributed by atoms with Gasteiger partial charge in [0, 0.05) is 17.3 Å². The van der Waals surface area contributed by atoms with Crippen LogP contribution >= 0.6 is 0 Å². The molecule has 0 aliphatic heterocycles. The molecule has 0 aliphatic carbocycles. The van der Waals surface area contributed by atoms with Gasteiger partial charge in [0.05, 0.1) is 28.4 Å². The van der Waals surface area contributed by atoms with Crippen molar-refractivity contribution in [1.29, 1.82) is 5.26 Å². The van der Waals surface area contributed by atoms with Crippen molar-refractivity contribution < 1.29 is 0 Å². The Morgan fingerprint density at radius 1 is 1.00 bits per heavy atom. The SMILES string of the molecule is Cc1ccc(-c2nc3cc[nH]c3c(CCCN)c2-c2ccc(C#N)cc2)cc1. The van der Waals surface area contributed by atoms with Crippen LogP contribution in [0.1, 0.15) is 23.1 Å². The van der Waals surface area contributed by atoms with Crippen LogP contribution in [0, 0.1) is 18.3 Å². The largest absolute Gasteiger partial charge is 0.360 e. The maximum Gasteiger partial charge on any atom is 0.0991 e. The van der Waals surface area contributed by atoms with Gasteiger partial charge in [-0.25, -0.2) is 4.98 Å². The fourth-order valence-corrected chi connectivity index (χ4v) is 3.61. The van der Waals surface area contributed by atoms with E-state index in [0.717, 1.165) is 46.3 Å². The Morgan fingerprint density at radius 2 is 1.71 bits per heavy atom. The minimum absolute atomic E-state index is 0.636. The summed E-state index contributed by atoms with van der Waals surface area (Å²) < 4.78 is 0. The van der Waals surface area contributed by atoms with Gasteiger partial charge in [0.2, 0.25) is 0 Å². The number of aromatic nitrogens is 2. The molecule has 0 saturated carbocycles. The summed E-state index contributed by atoms with van der Waals surface area (Å²) in [4.78, 5) is 8.36. The maximum absolute atomic E-state index is 9.16. The van der Waals surface area contributed by atoms with Crippen molar-refractivity contribution in [3.05, 3.63) is 77.5 Å². The van der Waals surface area contributed by atoms with E-state index in [9.17, 15) is 0 Å². The molecule has 0 radical (unpaired) electrons. The number of aromatic amines is 1. The molecule has 2 heterocycles. The average Bonchev–Trinajstić information content (AvgIpc) is 3.20. The second-order valence-corrected chi connectivity index (χ2v) is 7.00. The fourth-order valence-electron chi connectivity index (χ4n) is 3.61. The molecule has 4 rings (SSSR count). The molecular weight excluding hydrogens is 344 g/mol. The number of hydrogen-bond donors (Lipinski definition) is 2. The molecule has 3 N–H and O–H groups in total. The van der Waals surface area contributed by atoms with Crippen molar-refractivity contribution in [2.24, 2.45) is 5.73 Å². The highest BCUT2D eigenvalue weighted by molar-refractivity contribution is 5.94. The smallest absolute Gasteiger partial charge is 0.0991 e. The molecule has 0 amide bonds. The van der Waals surface area contributed by atoms with E-state index in [4.69, 9.17) is 16.0 Å². The van der Waals surface area contributed by atoms with Crippen molar-refractivity contribution in [3.8, 4) is 28.5 Å². The average molecular weight is 366 g/mol. The summed E-state index contributed by atoms with van der Waals surface area (Å²) in [5.74, 6) is 0.